The third kappa shape index (κ3) is 4.70. The number of nitrogens with zero attached hydrogens (tertiary/aromatic N) is 2. The first-order valence-electron chi connectivity index (χ1n) is 7.82. The number of nitrogens with one attached hydrogen (secondary N) is 2. The number of amides is 1. The van der Waals surface area contributed by atoms with Gasteiger partial charge in [0.15, 0.2) is 0 Å². The first-order valence-corrected chi connectivity index (χ1v) is 7.82. The Balaban J connectivity index is 1.84. The van der Waals surface area contributed by atoms with Crippen molar-refractivity contribution in [3.63, 3.8) is 0 Å². The summed E-state index contributed by atoms with van der Waals surface area (Å²) in [5, 5.41) is 6.21. The Hall–Kier alpha value is -1.62. The van der Waals surface area contributed by atoms with Gasteiger partial charge in [-0.05, 0) is 45.4 Å². The van der Waals surface area contributed by atoms with Crippen molar-refractivity contribution in [2.45, 2.75) is 45.2 Å². The van der Waals surface area contributed by atoms with Gasteiger partial charge < -0.3 is 10.6 Å². The highest BCUT2D eigenvalue weighted by molar-refractivity contribution is 5.94. The second-order valence-corrected chi connectivity index (χ2v) is 5.81. The molecule has 2 rings (SSSR count). The summed E-state index contributed by atoms with van der Waals surface area (Å²) in [6.07, 6.45) is 5.27. The summed E-state index contributed by atoms with van der Waals surface area (Å²) in [4.78, 5) is 18.8. The predicted octanol–water partition coefficient (Wildman–Crippen LogP) is 2.12. The summed E-state index contributed by atoms with van der Waals surface area (Å²) in [5.41, 5.74) is 0.657. The Morgan fingerprint density at radius 1 is 1.52 bits per heavy atom. The van der Waals surface area contributed by atoms with E-state index in [0.717, 1.165) is 18.8 Å². The van der Waals surface area contributed by atoms with Gasteiger partial charge in [-0.25, -0.2) is 4.98 Å². The van der Waals surface area contributed by atoms with Gasteiger partial charge in [0.05, 0.1) is 0 Å². The minimum Gasteiger partial charge on any atom is -0.370 e. The molecule has 1 atom stereocenters. The van der Waals surface area contributed by atoms with Crippen LogP contribution in [0.15, 0.2) is 18.3 Å². The fourth-order valence-corrected chi connectivity index (χ4v) is 2.25. The van der Waals surface area contributed by atoms with Crippen molar-refractivity contribution in [1.29, 1.82) is 0 Å². The van der Waals surface area contributed by atoms with E-state index in [1.54, 1.807) is 18.3 Å². The van der Waals surface area contributed by atoms with Crippen LogP contribution in [0, 0.1) is 0 Å². The number of anilines is 1. The van der Waals surface area contributed by atoms with Crippen LogP contribution in [0.1, 0.15) is 43.5 Å². The fraction of sp³-hybridized carbons (Fsp3) is 0.625. The Bertz CT molecular complexity index is 473. The number of carbonyl (C=O) groups excluding carboxylic acids is 1. The van der Waals surface area contributed by atoms with Crippen LogP contribution in [0.2, 0.25) is 0 Å². The summed E-state index contributed by atoms with van der Waals surface area (Å²) in [7, 11) is 2.13. The van der Waals surface area contributed by atoms with Crippen LogP contribution in [-0.2, 0) is 0 Å². The van der Waals surface area contributed by atoms with Crippen LogP contribution in [0.25, 0.3) is 0 Å². The second kappa shape index (κ2) is 7.41. The lowest BCUT2D eigenvalue weighted by molar-refractivity contribution is 0.0939. The molecule has 5 heteroatoms. The molecule has 1 amide bonds. The van der Waals surface area contributed by atoms with Crippen molar-refractivity contribution in [3.8, 4) is 0 Å². The third-order valence-electron chi connectivity index (χ3n) is 3.95. The summed E-state index contributed by atoms with van der Waals surface area (Å²) in [6, 6.07) is 4.63. The molecule has 1 saturated carbocycles. The van der Waals surface area contributed by atoms with Gasteiger partial charge in [0.1, 0.15) is 5.82 Å². The largest absolute Gasteiger partial charge is 0.370 e. The van der Waals surface area contributed by atoms with E-state index in [4.69, 9.17) is 0 Å². The van der Waals surface area contributed by atoms with Crippen molar-refractivity contribution < 1.29 is 4.79 Å². The first-order chi connectivity index (χ1) is 10.1. The highest BCUT2D eigenvalue weighted by Gasteiger charge is 2.29. The summed E-state index contributed by atoms with van der Waals surface area (Å²) < 4.78 is 0. The van der Waals surface area contributed by atoms with Crippen molar-refractivity contribution >= 4 is 11.7 Å². The van der Waals surface area contributed by atoms with Gasteiger partial charge in [-0.15, -0.1) is 0 Å². The molecule has 5 nitrogen and oxygen atoms in total. The Morgan fingerprint density at radius 3 is 2.95 bits per heavy atom. The summed E-state index contributed by atoms with van der Waals surface area (Å²) in [6.45, 7) is 5.79. The normalized spacial score (nSPS) is 15.8. The molecular weight excluding hydrogens is 264 g/mol. The number of pyridine rings is 1. The summed E-state index contributed by atoms with van der Waals surface area (Å²) in [5.74, 6) is 0.723. The van der Waals surface area contributed by atoms with Crippen molar-refractivity contribution in [2.24, 2.45) is 0 Å². The Labute approximate surface area is 127 Å². The van der Waals surface area contributed by atoms with E-state index < -0.39 is 0 Å². The predicted molar refractivity (Wildman–Crippen MR) is 85.6 cm³/mol. The maximum Gasteiger partial charge on any atom is 0.251 e. The van der Waals surface area contributed by atoms with Crippen LogP contribution in [-0.4, -0.2) is 48.0 Å². The lowest BCUT2D eigenvalue weighted by atomic mass is 10.2. The topological polar surface area (TPSA) is 57.3 Å². The highest BCUT2D eigenvalue weighted by Crippen LogP contribution is 2.26. The van der Waals surface area contributed by atoms with E-state index in [9.17, 15) is 4.79 Å². The molecule has 1 aromatic heterocycles. The minimum atomic E-state index is -0.0343. The van der Waals surface area contributed by atoms with Crippen LogP contribution in [0.4, 0.5) is 5.82 Å². The molecule has 2 N–H and O–H groups in total. The molecular formula is C16H26N4O. The number of hydrogen-bond donors (Lipinski definition) is 2. The number of aromatic nitrogens is 1. The average Bonchev–Trinajstić information content (AvgIpc) is 3.34. The van der Waals surface area contributed by atoms with E-state index in [2.05, 4.69) is 41.4 Å². The number of rotatable bonds is 8. The van der Waals surface area contributed by atoms with Crippen LogP contribution in [0.5, 0.6) is 0 Å². The van der Waals surface area contributed by atoms with Gasteiger partial charge in [-0.1, -0.05) is 6.92 Å². The molecule has 1 aliphatic carbocycles. The average molecular weight is 290 g/mol. The molecule has 0 saturated heterocycles. The molecule has 1 unspecified atom stereocenters. The van der Waals surface area contributed by atoms with Gasteiger partial charge in [0.25, 0.3) is 5.91 Å². The van der Waals surface area contributed by atoms with Crippen LogP contribution in [0.3, 0.4) is 0 Å². The van der Waals surface area contributed by atoms with Crippen LogP contribution < -0.4 is 10.6 Å². The van der Waals surface area contributed by atoms with E-state index in [0.29, 0.717) is 24.2 Å². The molecule has 21 heavy (non-hydrogen) atoms. The van der Waals surface area contributed by atoms with Gasteiger partial charge in [0, 0.05) is 36.9 Å². The number of likely N-dealkylation sites (N-methyl/N-ethyl adjacent to an activating group) is 1. The van der Waals surface area contributed by atoms with Gasteiger partial charge in [0.2, 0.25) is 0 Å². The molecule has 1 aliphatic rings. The fourth-order valence-electron chi connectivity index (χ4n) is 2.25. The molecule has 0 aromatic carbocycles. The molecule has 1 fully saturated rings. The Kier molecular flexibility index (Phi) is 5.56. The van der Waals surface area contributed by atoms with Gasteiger partial charge >= 0.3 is 0 Å². The SMILES string of the molecule is CCCNc1cc(C(=O)NCC(C)N(C)C2CC2)ccn1. The third-order valence-corrected chi connectivity index (χ3v) is 3.95. The van der Waals surface area contributed by atoms with E-state index >= 15 is 0 Å². The first kappa shape index (κ1) is 15.8. The van der Waals surface area contributed by atoms with Crippen molar-refractivity contribution in [3.05, 3.63) is 23.9 Å². The van der Waals surface area contributed by atoms with E-state index in [1.807, 2.05) is 0 Å². The quantitative estimate of drug-likeness (QED) is 0.770. The van der Waals surface area contributed by atoms with Crippen LogP contribution >= 0.6 is 0 Å². The van der Waals surface area contributed by atoms with Gasteiger partial charge in [-0.2, -0.15) is 0 Å². The summed E-state index contributed by atoms with van der Waals surface area (Å²) >= 11 is 0. The molecule has 0 aliphatic heterocycles. The zero-order valence-corrected chi connectivity index (χ0v) is 13.2. The zero-order chi connectivity index (χ0) is 15.2. The molecule has 0 bridgehead atoms. The molecule has 0 radical (unpaired) electrons. The van der Waals surface area contributed by atoms with E-state index in [1.165, 1.54) is 12.8 Å². The lowest BCUT2D eigenvalue weighted by Crippen LogP contribution is -2.41. The maximum atomic E-state index is 12.2. The van der Waals surface area contributed by atoms with Crippen molar-refractivity contribution in [1.82, 2.24) is 15.2 Å². The molecule has 1 heterocycles. The lowest BCUT2D eigenvalue weighted by Gasteiger charge is -2.24. The minimum absolute atomic E-state index is 0.0343. The molecule has 0 spiro atoms. The smallest absolute Gasteiger partial charge is 0.251 e. The standard InChI is InChI=1S/C16H26N4O/c1-4-8-17-15-10-13(7-9-18-15)16(21)19-11-12(2)20(3)14-5-6-14/h7,9-10,12,14H,4-6,8,11H2,1-3H3,(H,17,18)(H,19,21). The van der Waals surface area contributed by atoms with E-state index in [-0.39, 0.29) is 5.91 Å². The monoisotopic (exact) mass is 290 g/mol. The highest BCUT2D eigenvalue weighted by atomic mass is 16.1. The van der Waals surface area contributed by atoms with Crippen molar-refractivity contribution in [2.75, 3.05) is 25.5 Å². The Morgan fingerprint density at radius 2 is 2.29 bits per heavy atom. The number of hydrogen-bond acceptors (Lipinski definition) is 4. The molecule has 116 valence electrons. The second-order valence-electron chi connectivity index (χ2n) is 5.81. The maximum absolute atomic E-state index is 12.2. The zero-order valence-electron chi connectivity index (χ0n) is 13.2. The number of carbonyl (C=O) groups is 1. The molecule has 1 aromatic rings. The van der Waals surface area contributed by atoms with Gasteiger partial charge in [-0.3, -0.25) is 9.69 Å².